The van der Waals surface area contributed by atoms with Crippen molar-refractivity contribution < 1.29 is 9.47 Å². The summed E-state index contributed by atoms with van der Waals surface area (Å²) in [6, 6.07) is 8.94. The molecule has 6 nitrogen and oxygen atoms in total. The predicted molar refractivity (Wildman–Crippen MR) is 85.7 cm³/mol. The van der Waals surface area contributed by atoms with E-state index in [4.69, 9.17) is 9.47 Å². The van der Waals surface area contributed by atoms with Gasteiger partial charge in [-0.3, -0.25) is 9.78 Å². The number of nitrogens with one attached hydrogen (secondary N) is 2. The summed E-state index contributed by atoms with van der Waals surface area (Å²) in [5.74, 6) is 1.22. The van der Waals surface area contributed by atoms with E-state index in [0.717, 1.165) is 30.9 Å². The topological polar surface area (TPSA) is 76.2 Å². The van der Waals surface area contributed by atoms with E-state index in [-0.39, 0.29) is 5.56 Å². The minimum atomic E-state index is -0.218. The highest BCUT2D eigenvalue weighted by molar-refractivity contribution is 5.54. The number of hydrogen-bond acceptors (Lipinski definition) is 5. The van der Waals surface area contributed by atoms with Crippen molar-refractivity contribution in [3.63, 3.8) is 0 Å². The Morgan fingerprint density at radius 2 is 2.05 bits per heavy atom. The summed E-state index contributed by atoms with van der Waals surface area (Å²) >= 11 is 0. The number of benzene rings is 1. The van der Waals surface area contributed by atoms with Crippen LogP contribution >= 0.6 is 0 Å². The molecule has 118 valence electrons. The number of aromatic nitrogens is 2. The smallest absolute Gasteiger partial charge is 0.252 e. The molecular formula is C16H21N3O3. The fourth-order valence-corrected chi connectivity index (χ4v) is 1.89. The van der Waals surface area contributed by atoms with Gasteiger partial charge in [0.1, 0.15) is 5.75 Å². The third-order valence-corrected chi connectivity index (χ3v) is 2.97. The molecule has 2 aromatic rings. The highest BCUT2D eigenvalue weighted by Gasteiger charge is 2.02. The number of H-pyrrole nitrogens is 1. The van der Waals surface area contributed by atoms with E-state index >= 15 is 0 Å². The molecule has 1 heterocycles. The molecule has 0 aliphatic carbocycles. The Bertz CT molecular complexity index is 638. The fourth-order valence-electron chi connectivity index (χ4n) is 1.89. The molecular weight excluding hydrogens is 282 g/mol. The van der Waals surface area contributed by atoms with E-state index in [1.807, 2.05) is 24.3 Å². The first-order valence-electron chi connectivity index (χ1n) is 7.30. The van der Waals surface area contributed by atoms with Crippen LogP contribution in [0.15, 0.2) is 35.1 Å². The first-order valence-corrected chi connectivity index (χ1v) is 7.30. The highest BCUT2D eigenvalue weighted by atomic mass is 16.5. The van der Waals surface area contributed by atoms with Crippen molar-refractivity contribution in [3.8, 4) is 5.75 Å². The molecule has 0 unspecified atom stereocenters. The van der Waals surface area contributed by atoms with Crippen molar-refractivity contribution in [2.75, 3.05) is 19.0 Å². The monoisotopic (exact) mass is 303 g/mol. The van der Waals surface area contributed by atoms with Crippen molar-refractivity contribution in [2.24, 2.45) is 0 Å². The lowest BCUT2D eigenvalue weighted by molar-refractivity contribution is 0.181. The SMILES string of the molecule is CCCCOc1ccc(Nc2nc(COC)cc(=O)[nH]2)cc1. The minimum Gasteiger partial charge on any atom is -0.494 e. The van der Waals surface area contributed by atoms with Crippen LogP contribution in [0.4, 0.5) is 11.6 Å². The van der Waals surface area contributed by atoms with Gasteiger partial charge in [-0.15, -0.1) is 0 Å². The Balaban J connectivity index is 2.02. The van der Waals surface area contributed by atoms with Crippen LogP contribution in [-0.2, 0) is 11.3 Å². The van der Waals surface area contributed by atoms with Crippen molar-refractivity contribution in [2.45, 2.75) is 26.4 Å². The lowest BCUT2D eigenvalue weighted by Crippen LogP contribution is -2.12. The molecule has 0 saturated carbocycles. The zero-order chi connectivity index (χ0) is 15.8. The van der Waals surface area contributed by atoms with Crippen molar-refractivity contribution >= 4 is 11.6 Å². The van der Waals surface area contributed by atoms with Crippen LogP contribution < -0.4 is 15.6 Å². The number of anilines is 2. The molecule has 22 heavy (non-hydrogen) atoms. The Labute approximate surface area is 129 Å². The molecule has 0 aliphatic rings. The van der Waals surface area contributed by atoms with Crippen LogP contribution in [0.2, 0.25) is 0 Å². The normalized spacial score (nSPS) is 10.5. The second-order valence-electron chi connectivity index (χ2n) is 4.87. The summed E-state index contributed by atoms with van der Waals surface area (Å²) in [6.07, 6.45) is 2.15. The maximum absolute atomic E-state index is 11.6. The van der Waals surface area contributed by atoms with E-state index in [2.05, 4.69) is 22.2 Å². The molecule has 0 amide bonds. The number of rotatable bonds is 8. The molecule has 6 heteroatoms. The molecule has 1 aromatic heterocycles. The fraction of sp³-hybridized carbons (Fsp3) is 0.375. The van der Waals surface area contributed by atoms with Crippen LogP contribution in [-0.4, -0.2) is 23.7 Å². The van der Waals surface area contributed by atoms with Gasteiger partial charge in [-0.05, 0) is 30.7 Å². The van der Waals surface area contributed by atoms with Gasteiger partial charge in [-0.1, -0.05) is 13.3 Å². The largest absolute Gasteiger partial charge is 0.494 e. The zero-order valence-electron chi connectivity index (χ0n) is 12.9. The summed E-state index contributed by atoms with van der Waals surface area (Å²) in [6.45, 7) is 3.14. The van der Waals surface area contributed by atoms with Gasteiger partial charge in [0, 0.05) is 18.9 Å². The molecule has 0 fully saturated rings. The summed E-state index contributed by atoms with van der Waals surface area (Å²) in [5, 5.41) is 3.06. The summed E-state index contributed by atoms with van der Waals surface area (Å²) in [7, 11) is 1.56. The van der Waals surface area contributed by atoms with Gasteiger partial charge in [0.25, 0.3) is 5.56 Å². The number of methoxy groups -OCH3 is 1. The van der Waals surface area contributed by atoms with Crippen molar-refractivity contribution in [1.29, 1.82) is 0 Å². The first kappa shape index (κ1) is 16.0. The molecule has 0 saturated heterocycles. The Hall–Kier alpha value is -2.34. The first-order chi connectivity index (χ1) is 10.7. The van der Waals surface area contributed by atoms with Crippen LogP contribution in [0.1, 0.15) is 25.5 Å². The molecule has 0 atom stereocenters. The van der Waals surface area contributed by atoms with E-state index in [1.165, 1.54) is 6.07 Å². The molecule has 2 N–H and O–H groups in total. The second-order valence-corrected chi connectivity index (χ2v) is 4.87. The second kappa shape index (κ2) is 8.19. The molecule has 0 bridgehead atoms. The van der Waals surface area contributed by atoms with Crippen LogP contribution in [0.3, 0.4) is 0 Å². The standard InChI is InChI=1S/C16H21N3O3/c1-3-4-9-22-14-7-5-12(6-8-14)17-16-18-13(11-21-2)10-15(20)19-16/h5-8,10H,3-4,9,11H2,1-2H3,(H2,17,18,19,20). The van der Waals surface area contributed by atoms with Crippen LogP contribution in [0.25, 0.3) is 0 Å². The van der Waals surface area contributed by atoms with Gasteiger partial charge < -0.3 is 14.8 Å². The van der Waals surface area contributed by atoms with E-state index < -0.39 is 0 Å². The van der Waals surface area contributed by atoms with Crippen molar-refractivity contribution in [1.82, 2.24) is 9.97 Å². The summed E-state index contributed by atoms with van der Waals surface area (Å²) < 4.78 is 10.6. The van der Waals surface area contributed by atoms with Gasteiger partial charge >= 0.3 is 0 Å². The van der Waals surface area contributed by atoms with Gasteiger partial charge in [0.2, 0.25) is 5.95 Å². The van der Waals surface area contributed by atoms with Gasteiger partial charge in [0.05, 0.1) is 18.9 Å². The summed E-state index contributed by atoms with van der Waals surface area (Å²) in [5.41, 5.74) is 1.18. The van der Waals surface area contributed by atoms with Gasteiger partial charge in [-0.2, -0.15) is 0 Å². The van der Waals surface area contributed by atoms with Gasteiger partial charge in [0.15, 0.2) is 0 Å². The number of aromatic amines is 1. The lowest BCUT2D eigenvalue weighted by Gasteiger charge is -2.09. The molecule has 0 aliphatic heterocycles. The molecule has 0 radical (unpaired) electrons. The Kier molecular flexibility index (Phi) is 5.97. The summed E-state index contributed by atoms with van der Waals surface area (Å²) in [4.78, 5) is 18.5. The van der Waals surface area contributed by atoms with E-state index in [9.17, 15) is 4.79 Å². The highest BCUT2D eigenvalue weighted by Crippen LogP contribution is 2.18. The van der Waals surface area contributed by atoms with Crippen LogP contribution in [0, 0.1) is 0 Å². The van der Waals surface area contributed by atoms with Crippen molar-refractivity contribution in [3.05, 3.63) is 46.4 Å². The third-order valence-electron chi connectivity index (χ3n) is 2.97. The average Bonchev–Trinajstić information content (AvgIpc) is 2.49. The average molecular weight is 303 g/mol. The van der Waals surface area contributed by atoms with E-state index in [1.54, 1.807) is 7.11 Å². The Morgan fingerprint density at radius 1 is 1.27 bits per heavy atom. The van der Waals surface area contributed by atoms with Crippen LogP contribution in [0.5, 0.6) is 5.75 Å². The molecule has 1 aromatic carbocycles. The number of ether oxygens (including phenoxy) is 2. The lowest BCUT2D eigenvalue weighted by atomic mass is 10.3. The van der Waals surface area contributed by atoms with E-state index in [0.29, 0.717) is 18.2 Å². The Morgan fingerprint density at radius 3 is 2.73 bits per heavy atom. The number of nitrogens with zero attached hydrogens (tertiary/aromatic N) is 1. The maximum Gasteiger partial charge on any atom is 0.252 e. The molecule has 0 spiro atoms. The minimum absolute atomic E-state index is 0.218. The maximum atomic E-state index is 11.6. The number of unbranched alkanes of at least 4 members (excludes halogenated alkanes) is 1. The predicted octanol–water partition coefficient (Wildman–Crippen LogP) is 2.84. The quantitative estimate of drug-likeness (QED) is 0.733. The van der Waals surface area contributed by atoms with Gasteiger partial charge in [-0.25, -0.2) is 4.98 Å². The molecule has 2 rings (SSSR count). The zero-order valence-corrected chi connectivity index (χ0v) is 12.9. The number of hydrogen-bond donors (Lipinski definition) is 2. The third kappa shape index (κ3) is 4.89.